The minimum absolute atomic E-state index is 0.0548. The predicted molar refractivity (Wildman–Crippen MR) is 107 cm³/mol. The van der Waals surface area contributed by atoms with Crippen LogP contribution in [-0.4, -0.2) is 100 Å². The van der Waals surface area contributed by atoms with Crippen LogP contribution in [0.25, 0.3) is 6.08 Å². The molecule has 5 N–H and O–H groups in total. The number of phenols is 1. The third-order valence-corrected chi connectivity index (χ3v) is 5.63. The van der Waals surface area contributed by atoms with Crippen molar-refractivity contribution in [1.29, 1.82) is 0 Å². The summed E-state index contributed by atoms with van der Waals surface area (Å²) in [5.74, 6) is -0.681. The number of hydrogen-bond acceptors (Lipinski definition) is 12. The van der Waals surface area contributed by atoms with Crippen LogP contribution in [0.4, 0.5) is 0 Å². The molecule has 0 radical (unpaired) electrons. The van der Waals surface area contributed by atoms with Gasteiger partial charge in [-0.05, 0) is 30.7 Å². The quantitative estimate of drug-likeness (QED) is 0.187. The third-order valence-electron chi connectivity index (χ3n) is 5.63. The molecule has 3 fully saturated rings. The molecule has 3 aliphatic rings. The van der Waals surface area contributed by atoms with Crippen molar-refractivity contribution in [3.8, 4) is 11.5 Å². The van der Waals surface area contributed by atoms with Crippen LogP contribution in [0.15, 0.2) is 24.3 Å². The lowest BCUT2D eigenvalue weighted by Crippen LogP contribution is -2.61. The van der Waals surface area contributed by atoms with Crippen LogP contribution in [0, 0.1) is 0 Å². The summed E-state index contributed by atoms with van der Waals surface area (Å²) in [7, 11) is 1.39. The van der Waals surface area contributed by atoms with Gasteiger partial charge >= 0.3 is 5.97 Å². The van der Waals surface area contributed by atoms with Gasteiger partial charge in [0.25, 0.3) is 0 Å². The number of aromatic hydroxyl groups is 1. The number of benzene rings is 1. The van der Waals surface area contributed by atoms with Crippen LogP contribution in [0.1, 0.15) is 12.5 Å². The molecule has 0 spiro atoms. The molecule has 10 atom stereocenters. The Bertz CT molecular complexity index is 890. The van der Waals surface area contributed by atoms with Crippen molar-refractivity contribution in [3.05, 3.63) is 29.8 Å². The summed E-state index contributed by atoms with van der Waals surface area (Å²) in [6, 6.07) is 4.46. The standard InChI is InChI=1S/C21H26O12/c1-8-17(31-20-16(27)14(25)18-21(32-18)33-20)13(24)15(26)19(29-8)30-12(23)6-4-9-3-5-10(22)11(7-9)28-2/h3-8,13-22,24-27H,1-2H3/b6-4+. The van der Waals surface area contributed by atoms with Gasteiger partial charge in [-0.15, -0.1) is 0 Å². The molecular weight excluding hydrogens is 444 g/mol. The first-order chi connectivity index (χ1) is 15.7. The maximum absolute atomic E-state index is 12.2. The first-order valence-corrected chi connectivity index (χ1v) is 10.3. The van der Waals surface area contributed by atoms with Crippen molar-refractivity contribution in [2.75, 3.05) is 7.11 Å². The molecule has 0 amide bonds. The highest BCUT2D eigenvalue weighted by Crippen LogP contribution is 2.37. The Kier molecular flexibility index (Phi) is 6.88. The van der Waals surface area contributed by atoms with Crippen LogP contribution in [0.2, 0.25) is 0 Å². The van der Waals surface area contributed by atoms with Crippen molar-refractivity contribution in [1.82, 2.24) is 0 Å². The topological polar surface area (TPSA) is 177 Å². The molecule has 12 heteroatoms. The fourth-order valence-corrected chi connectivity index (χ4v) is 3.70. The minimum Gasteiger partial charge on any atom is -0.504 e. The predicted octanol–water partition coefficient (Wildman–Crippen LogP) is -1.39. The van der Waals surface area contributed by atoms with E-state index in [1.807, 2.05) is 0 Å². The zero-order valence-corrected chi connectivity index (χ0v) is 17.8. The second kappa shape index (κ2) is 9.52. The lowest BCUT2D eigenvalue weighted by molar-refractivity contribution is -0.332. The van der Waals surface area contributed by atoms with Gasteiger partial charge in [0.05, 0.1) is 13.2 Å². The van der Waals surface area contributed by atoms with Crippen molar-refractivity contribution >= 4 is 12.0 Å². The van der Waals surface area contributed by atoms with Crippen molar-refractivity contribution in [2.24, 2.45) is 0 Å². The van der Waals surface area contributed by atoms with Crippen molar-refractivity contribution in [2.45, 2.75) is 68.5 Å². The normalized spacial score (nSPS) is 40.3. The summed E-state index contributed by atoms with van der Waals surface area (Å²) in [4.78, 5) is 12.2. The first-order valence-electron chi connectivity index (χ1n) is 10.3. The third kappa shape index (κ3) is 4.98. The largest absolute Gasteiger partial charge is 0.504 e. The molecule has 182 valence electrons. The number of hydrogen-bond donors (Lipinski definition) is 5. The number of epoxide rings is 1. The monoisotopic (exact) mass is 470 g/mol. The number of fused-ring (bicyclic) bond motifs is 1. The van der Waals surface area contributed by atoms with E-state index in [-0.39, 0.29) is 11.5 Å². The zero-order valence-electron chi connectivity index (χ0n) is 17.8. The Morgan fingerprint density at radius 2 is 1.73 bits per heavy atom. The van der Waals surface area contributed by atoms with E-state index >= 15 is 0 Å². The summed E-state index contributed by atoms with van der Waals surface area (Å²) in [5.41, 5.74) is 0.545. The minimum atomic E-state index is -1.66. The van der Waals surface area contributed by atoms with E-state index in [9.17, 15) is 30.3 Å². The van der Waals surface area contributed by atoms with E-state index in [1.165, 1.54) is 32.2 Å². The molecule has 3 heterocycles. The van der Waals surface area contributed by atoms with Gasteiger partial charge in [-0.25, -0.2) is 4.79 Å². The number of carbonyl (C=O) groups is 1. The molecule has 3 aliphatic heterocycles. The number of aliphatic hydroxyl groups excluding tert-OH is 4. The van der Waals surface area contributed by atoms with E-state index in [4.69, 9.17) is 28.4 Å². The summed E-state index contributed by atoms with van der Waals surface area (Å²) in [6.07, 6.45) is -9.54. The van der Waals surface area contributed by atoms with Gasteiger partial charge in [-0.3, -0.25) is 0 Å². The highest BCUT2D eigenvalue weighted by Gasteiger charge is 2.58. The van der Waals surface area contributed by atoms with Gasteiger partial charge < -0.3 is 54.0 Å². The maximum Gasteiger partial charge on any atom is 0.333 e. The zero-order chi connectivity index (χ0) is 23.9. The Balaban J connectivity index is 1.34. The van der Waals surface area contributed by atoms with Gasteiger partial charge in [0.1, 0.15) is 36.6 Å². The summed E-state index contributed by atoms with van der Waals surface area (Å²) >= 11 is 0. The molecule has 3 saturated heterocycles. The molecule has 1 aromatic carbocycles. The van der Waals surface area contributed by atoms with Gasteiger partial charge in [-0.2, -0.15) is 0 Å². The first kappa shape index (κ1) is 23.9. The maximum atomic E-state index is 12.2. The van der Waals surface area contributed by atoms with Gasteiger partial charge in [0, 0.05) is 6.08 Å². The molecule has 0 aromatic heterocycles. The molecule has 0 saturated carbocycles. The molecule has 1 aromatic rings. The van der Waals surface area contributed by atoms with Crippen LogP contribution in [0.5, 0.6) is 11.5 Å². The number of rotatable bonds is 6. The van der Waals surface area contributed by atoms with E-state index in [0.29, 0.717) is 5.56 Å². The fraction of sp³-hybridized carbons (Fsp3) is 0.571. The Morgan fingerprint density at radius 3 is 2.45 bits per heavy atom. The number of ether oxygens (including phenoxy) is 6. The van der Waals surface area contributed by atoms with E-state index in [0.717, 1.165) is 6.08 Å². The van der Waals surface area contributed by atoms with E-state index < -0.39 is 67.6 Å². The summed E-state index contributed by atoms with van der Waals surface area (Å²) in [5, 5.41) is 50.6. The van der Waals surface area contributed by atoms with Gasteiger partial charge in [0.15, 0.2) is 24.1 Å². The summed E-state index contributed by atoms with van der Waals surface area (Å²) in [6.45, 7) is 1.52. The highest BCUT2D eigenvalue weighted by molar-refractivity contribution is 5.87. The van der Waals surface area contributed by atoms with Crippen LogP contribution in [0.3, 0.4) is 0 Å². The molecule has 0 aliphatic carbocycles. The van der Waals surface area contributed by atoms with Crippen LogP contribution >= 0.6 is 0 Å². The second-order valence-corrected chi connectivity index (χ2v) is 7.95. The number of methoxy groups -OCH3 is 1. The number of carbonyl (C=O) groups excluding carboxylic acids is 1. The average Bonchev–Trinajstić information content (AvgIpc) is 3.57. The summed E-state index contributed by atoms with van der Waals surface area (Å²) < 4.78 is 31.6. The van der Waals surface area contributed by atoms with E-state index in [1.54, 1.807) is 6.07 Å². The van der Waals surface area contributed by atoms with Crippen LogP contribution in [-0.2, 0) is 28.5 Å². The average molecular weight is 470 g/mol. The lowest BCUT2D eigenvalue weighted by Gasteiger charge is -2.42. The van der Waals surface area contributed by atoms with Crippen LogP contribution < -0.4 is 4.74 Å². The molecule has 4 rings (SSSR count). The number of phenolic OH excluding ortho intramolecular Hbond substituents is 1. The second-order valence-electron chi connectivity index (χ2n) is 7.95. The molecule has 0 bridgehead atoms. The lowest BCUT2D eigenvalue weighted by atomic mass is 9.99. The van der Waals surface area contributed by atoms with Crippen molar-refractivity contribution < 1.29 is 58.7 Å². The fourth-order valence-electron chi connectivity index (χ4n) is 3.70. The molecule has 10 unspecified atom stereocenters. The van der Waals surface area contributed by atoms with Gasteiger partial charge in [0.2, 0.25) is 6.29 Å². The smallest absolute Gasteiger partial charge is 0.333 e. The van der Waals surface area contributed by atoms with Gasteiger partial charge in [-0.1, -0.05) is 6.07 Å². The molecule has 12 nitrogen and oxygen atoms in total. The Morgan fingerprint density at radius 1 is 1.00 bits per heavy atom. The molecular formula is C21H26O12. The SMILES string of the molecule is COc1cc(/C=C/C(=O)OC2OC(C)C(OC3OC4OC4C(O)C3O)C(O)C2O)ccc1O. The van der Waals surface area contributed by atoms with Crippen molar-refractivity contribution in [3.63, 3.8) is 0 Å². The molecule has 33 heavy (non-hydrogen) atoms. The highest BCUT2D eigenvalue weighted by atomic mass is 16.8. The Labute approximate surface area is 188 Å². The Hall–Kier alpha value is -2.29. The number of esters is 1. The van der Waals surface area contributed by atoms with E-state index in [2.05, 4.69) is 0 Å². The number of aliphatic hydroxyl groups is 4.